The summed E-state index contributed by atoms with van der Waals surface area (Å²) in [7, 11) is 3.10. The lowest BCUT2D eigenvalue weighted by molar-refractivity contribution is -0.120. The lowest BCUT2D eigenvalue weighted by atomic mass is 10.1. The van der Waals surface area contributed by atoms with Crippen LogP contribution in [0.2, 0.25) is 0 Å². The number of methoxy groups -OCH3 is 2. The number of rotatable bonds is 6. The molecule has 1 aliphatic heterocycles. The van der Waals surface area contributed by atoms with Gasteiger partial charge in [-0.3, -0.25) is 9.59 Å². The lowest BCUT2D eigenvalue weighted by Gasteiger charge is -2.18. The van der Waals surface area contributed by atoms with Gasteiger partial charge < -0.3 is 14.8 Å². The van der Waals surface area contributed by atoms with Crippen molar-refractivity contribution in [3.05, 3.63) is 75.6 Å². The van der Waals surface area contributed by atoms with Gasteiger partial charge in [-0.1, -0.05) is 23.8 Å². The van der Waals surface area contributed by atoms with Gasteiger partial charge in [0.25, 0.3) is 11.8 Å². The molecule has 1 aromatic heterocycles. The molecule has 0 fully saturated rings. The molecule has 0 bridgehead atoms. The molecule has 4 rings (SSSR count). The number of benzene rings is 2. The molecule has 6 nitrogen and oxygen atoms in total. The summed E-state index contributed by atoms with van der Waals surface area (Å²) in [5.41, 5.74) is 3.72. The number of anilines is 2. The molecule has 1 N–H and O–H groups in total. The van der Waals surface area contributed by atoms with E-state index >= 15 is 0 Å². The highest BCUT2D eigenvalue weighted by molar-refractivity contribution is 7.11. The summed E-state index contributed by atoms with van der Waals surface area (Å²) in [6.45, 7) is 3.87. The van der Waals surface area contributed by atoms with E-state index in [1.807, 2.05) is 49.6 Å². The van der Waals surface area contributed by atoms with Crippen LogP contribution in [0, 0.1) is 13.8 Å². The van der Waals surface area contributed by atoms with Gasteiger partial charge in [-0.25, -0.2) is 4.90 Å². The Morgan fingerprint density at radius 3 is 2.32 bits per heavy atom. The summed E-state index contributed by atoms with van der Waals surface area (Å²) in [4.78, 5) is 28.9. The zero-order chi connectivity index (χ0) is 22.1. The predicted octanol–water partition coefficient (Wildman–Crippen LogP) is 4.78. The van der Waals surface area contributed by atoms with Crippen LogP contribution in [0.15, 0.2) is 59.6 Å². The van der Waals surface area contributed by atoms with Crippen LogP contribution in [0.1, 0.15) is 16.0 Å². The van der Waals surface area contributed by atoms with Gasteiger partial charge in [0.15, 0.2) is 11.5 Å². The van der Waals surface area contributed by atoms with Crippen molar-refractivity contribution < 1.29 is 19.1 Å². The van der Waals surface area contributed by atoms with Gasteiger partial charge in [0, 0.05) is 16.6 Å². The number of carbonyl (C=O) groups excluding carboxylic acids is 2. The Bertz CT molecular complexity index is 1200. The molecule has 0 radical (unpaired) electrons. The molecule has 2 aromatic carbocycles. The first-order valence-corrected chi connectivity index (χ1v) is 10.6. The summed E-state index contributed by atoms with van der Waals surface area (Å²) in [5.74, 6) is 0.359. The number of thiophene rings is 1. The molecule has 0 atom stereocenters. The smallest absolute Gasteiger partial charge is 0.282 e. The fourth-order valence-corrected chi connectivity index (χ4v) is 4.40. The van der Waals surface area contributed by atoms with Gasteiger partial charge >= 0.3 is 0 Å². The monoisotopic (exact) mass is 434 g/mol. The van der Waals surface area contributed by atoms with E-state index in [0.717, 1.165) is 16.0 Å². The number of hydrogen-bond acceptors (Lipinski definition) is 6. The molecule has 1 aliphatic rings. The van der Waals surface area contributed by atoms with Gasteiger partial charge in [-0.15, -0.1) is 11.3 Å². The Morgan fingerprint density at radius 2 is 1.68 bits per heavy atom. The third kappa shape index (κ3) is 3.68. The molecular formula is C24H22N2O4S. The van der Waals surface area contributed by atoms with Crippen LogP contribution in [0.4, 0.5) is 11.4 Å². The standard InChI is InChI=1S/C24H22N2O4S/c1-14-7-9-17(15(2)12-14)26-23(27)21(20-6-5-11-31-20)22(24(26)28)25-16-8-10-18(29-3)19(13-16)30-4/h5-13,25H,1-4H3. The molecule has 0 unspecified atom stereocenters. The zero-order valence-corrected chi connectivity index (χ0v) is 18.5. The highest BCUT2D eigenvalue weighted by Crippen LogP contribution is 2.38. The van der Waals surface area contributed by atoms with E-state index in [0.29, 0.717) is 28.4 Å². The van der Waals surface area contributed by atoms with E-state index in [4.69, 9.17) is 9.47 Å². The average molecular weight is 435 g/mol. The van der Waals surface area contributed by atoms with Crippen molar-refractivity contribution in [2.24, 2.45) is 0 Å². The number of ether oxygens (including phenoxy) is 2. The average Bonchev–Trinajstić information content (AvgIpc) is 3.36. The second-order valence-corrected chi connectivity index (χ2v) is 8.11. The predicted molar refractivity (Wildman–Crippen MR) is 123 cm³/mol. The fraction of sp³-hybridized carbons (Fsp3) is 0.167. The minimum Gasteiger partial charge on any atom is -0.493 e. The summed E-state index contributed by atoms with van der Waals surface area (Å²) < 4.78 is 10.6. The topological polar surface area (TPSA) is 67.9 Å². The second kappa shape index (κ2) is 8.28. The van der Waals surface area contributed by atoms with Crippen LogP contribution < -0.4 is 19.7 Å². The van der Waals surface area contributed by atoms with Crippen molar-refractivity contribution >= 4 is 40.1 Å². The molecule has 2 heterocycles. The third-order valence-corrected chi connectivity index (χ3v) is 5.98. The van der Waals surface area contributed by atoms with Crippen molar-refractivity contribution in [2.45, 2.75) is 13.8 Å². The van der Waals surface area contributed by atoms with E-state index in [1.165, 1.54) is 16.2 Å². The Balaban J connectivity index is 1.79. The summed E-state index contributed by atoms with van der Waals surface area (Å²) >= 11 is 1.42. The summed E-state index contributed by atoms with van der Waals surface area (Å²) in [6.07, 6.45) is 0. The first kappa shape index (κ1) is 20.7. The van der Waals surface area contributed by atoms with E-state index in [-0.39, 0.29) is 11.6 Å². The maximum Gasteiger partial charge on any atom is 0.282 e. The maximum atomic E-state index is 13.5. The number of hydrogen-bond donors (Lipinski definition) is 1. The fourth-order valence-electron chi connectivity index (χ4n) is 3.63. The quantitative estimate of drug-likeness (QED) is 0.566. The first-order chi connectivity index (χ1) is 14.9. The molecule has 2 amide bonds. The molecule has 0 spiro atoms. The van der Waals surface area contributed by atoms with Crippen LogP contribution in [0.5, 0.6) is 11.5 Å². The van der Waals surface area contributed by atoms with E-state index in [2.05, 4.69) is 5.32 Å². The number of nitrogens with zero attached hydrogens (tertiary/aromatic N) is 1. The highest BCUT2D eigenvalue weighted by Gasteiger charge is 2.41. The third-order valence-electron chi connectivity index (χ3n) is 5.10. The highest BCUT2D eigenvalue weighted by atomic mass is 32.1. The number of carbonyl (C=O) groups is 2. The van der Waals surface area contributed by atoms with Gasteiger partial charge in [0.2, 0.25) is 0 Å². The Hall–Kier alpha value is -3.58. The van der Waals surface area contributed by atoms with Crippen molar-refractivity contribution in [1.29, 1.82) is 0 Å². The molecule has 0 saturated carbocycles. The maximum absolute atomic E-state index is 13.5. The number of aryl methyl sites for hydroxylation is 2. The number of amides is 2. The Morgan fingerprint density at radius 1 is 0.903 bits per heavy atom. The Labute approximate surface area is 184 Å². The molecule has 7 heteroatoms. The van der Waals surface area contributed by atoms with Crippen LogP contribution in [0.25, 0.3) is 5.57 Å². The second-order valence-electron chi connectivity index (χ2n) is 7.16. The number of imide groups is 1. The SMILES string of the molecule is COc1ccc(NC2=C(c3cccs3)C(=O)N(c3ccc(C)cc3C)C2=O)cc1OC. The zero-order valence-electron chi connectivity index (χ0n) is 17.7. The molecule has 0 aliphatic carbocycles. The molecule has 3 aromatic rings. The van der Waals surface area contributed by atoms with Gasteiger partial charge in [0.1, 0.15) is 5.70 Å². The molecule has 31 heavy (non-hydrogen) atoms. The first-order valence-electron chi connectivity index (χ1n) is 9.68. The minimum atomic E-state index is -0.393. The van der Waals surface area contributed by atoms with Crippen LogP contribution in [0.3, 0.4) is 0 Å². The van der Waals surface area contributed by atoms with Crippen LogP contribution in [-0.4, -0.2) is 26.0 Å². The summed E-state index contributed by atoms with van der Waals surface area (Å²) in [6, 6.07) is 14.6. The van der Waals surface area contributed by atoms with Crippen molar-refractivity contribution in [2.75, 3.05) is 24.4 Å². The molecule has 158 valence electrons. The molecule has 0 saturated heterocycles. The Kier molecular flexibility index (Phi) is 5.52. The van der Waals surface area contributed by atoms with Crippen molar-refractivity contribution in [1.82, 2.24) is 0 Å². The minimum absolute atomic E-state index is 0.236. The van der Waals surface area contributed by atoms with E-state index < -0.39 is 5.91 Å². The summed E-state index contributed by atoms with van der Waals surface area (Å²) in [5, 5.41) is 5.04. The van der Waals surface area contributed by atoms with Gasteiger partial charge in [-0.05, 0) is 49.1 Å². The normalized spacial score (nSPS) is 13.7. The van der Waals surface area contributed by atoms with Crippen LogP contribution >= 0.6 is 11.3 Å². The van der Waals surface area contributed by atoms with Gasteiger partial charge in [0.05, 0.1) is 25.5 Å². The van der Waals surface area contributed by atoms with E-state index in [9.17, 15) is 9.59 Å². The van der Waals surface area contributed by atoms with Crippen molar-refractivity contribution in [3.63, 3.8) is 0 Å². The van der Waals surface area contributed by atoms with Gasteiger partial charge in [-0.2, -0.15) is 0 Å². The van der Waals surface area contributed by atoms with Crippen molar-refractivity contribution in [3.8, 4) is 11.5 Å². The lowest BCUT2D eigenvalue weighted by Crippen LogP contribution is -2.33. The van der Waals surface area contributed by atoms with E-state index in [1.54, 1.807) is 32.4 Å². The van der Waals surface area contributed by atoms with Crippen LogP contribution in [-0.2, 0) is 9.59 Å². The molecular weight excluding hydrogens is 412 g/mol. The number of nitrogens with one attached hydrogen (secondary N) is 1. The largest absolute Gasteiger partial charge is 0.493 e.